The number of nitrogens with one attached hydrogen (secondary N) is 2. The lowest BCUT2D eigenvalue weighted by atomic mass is 9.93. The van der Waals surface area contributed by atoms with Crippen LogP contribution < -0.4 is 10.5 Å². The van der Waals surface area contributed by atoms with Crippen molar-refractivity contribution in [3.8, 4) is 0 Å². The van der Waals surface area contributed by atoms with Gasteiger partial charge in [0.15, 0.2) is 0 Å². The van der Waals surface area contributed by atoms with Gasteiger partial charge in [-0.2, -0.15) is 5.10 Å². The third-order valence-electron chi connectivity index (χ3n) is 4.60. The number of H-pyrrole nitrogens is 2. The lowest BCUT2D eigenvalue weighted by molar-refractivity contribution is 0.498. The van der Waals surface area contributed by atoms with Gasteiger partial charge in [0.05, 0.1) is 11.9 Å². The van der Waals surface area contributed by atoms with E-state index in [0.717, 1.165) is 31.6 Å². The molecule has 118 valence electrons. The van der Waals surface area contributed by atoms with Crippen LogP contribution in [0, 0.1) is 0 Å². The average molecular weight is 329 g/mol. The fourth-order valence-corrected chi connectivity index (χ4v) is 3.55. The molecule has 0 saturated carbocycles. The molecule has 1 fully saturated rings. The summed E-state index contributed by atoms with van der Waals surface area (Å²) in [5, 5.41) is 7.70. The zero-order valence-electron chi connectivity index (χ0n) is 12.6. The van der Waals surface area contributed by atoms with E-state index >= 15 is 0 Å². The minimum atomic E-state index is -0.332. The molecule has 5 nitrogen and oxygen atoms in total. The molecule has 0 amide bonds. The van der Waals surface area contributed by atoms with Gasteiger partial charge < -0.3 is 9.88 Å². The summed E-state index contributed by atoms with van der Waals surface area (Å²) >= 11 is 6.10. The van der Waals surface area contributed by atoms with Gasteiger partial charge in [0, 0.05) is 30.2 Å². The molecule has 3 aromatic rings. The molecule has 1 saturated heterocycles. The number of para-hydroxylation sites is 1. The van der Waals surface area contributed by atoms with Crippen LogP contribution in [0.2, 0.25) is 5.02 Å². The van der Waals surface area contributed by atoms with Crippen molar-refractivity contribution in [1.82, 2.24) is 15.2 Å². The summed E-state index contributed by atoms with van der Waals surface area (Å²) in [5.74, 6) is 0.507. The van der Waals surface area contributed by atoms with Crippen LogP contribution in [0.5, 0.6) is 0 Å². The number of halogens is 1. The van der Waals surface area contributed by atoms with Crippen LogP contribution in [-0.2, 0) is 0 Å². The van der Waals surface area contributed by atoms with Crippen molar-refractivity contribution in [1.29, 1.82) is 0 Å². The Bertz CT molecular complexity index is 860. The lowest BCUT2D eigenvalue weighted by Gasteiger charge is -2.33. The molecule has 23 heavy (non-hydrogen) atoms. The number of hydrogen-bond acceptors (Lipinski definition) is 3. The van der Waals surface area contributed by atoms with Gasteiger partial charge in [-0.25, -0.2) is 5.10 Å². The van der Waals surface area contributed by atoms with E-state index in [0.29, 0.717) is 5.92 Å². The number of rotatable bonds is 2. The number of anilines is 1. The first-order valence-corrected chi connectivity index (χ1v) is 8.16. The molecule has 3 heterocycles. The van der Waals surface area contributed by atoms with Crippen molar-refractivity contribution >= 4 is 28.2 Å². The molecule has 2 N–H and O–H groups in total. The van der Waals surface area contributed by atoms with Crippen molar-refractivity contribution in [3.63, 3.8) is 0 Å². The van der Waals surface area contributed by atoms with Gasteiger partial charge in [-0.05, 0) is 30.4 Å². The zero-order valence-corrected chi connectivity index (χ0v) is 13.3. The predicted octanol–water partition coefficient (Wildman–Crippen LogP) is 3.29. The molecule has 0 atom stereocenters. The van der Waals surface area contributed by atoms with Crippen LogP contribution in [0.3, 0.4) is 0 Å². The number of fused-ring (bicyclic) bond motifs is 1. The van der Waals surface area contributed by atoms with Crippen molar-refractivity contribution < 1.29 is 0 Å². The van der Waals surface area contributed by atoms with Gasteiger partial charge >= 0.3 is 0 Å². The maximum atomic E-state index is 11.6. The summed E-state index contributed by atoms with van der Waals surface area (Å²) in [5.41, 5.74) is 2.88. The number of aromatic nitrogens is 3. The summed E-state index contributed by atoms with van der Waals surface area (Å²) in [6.07, 6.45) is 3.68. The van der Waals surface area contributed by atoms with Gasteiger partial charge in [0.1, 0.15) is 5.02 Å². The second-order valence-electron chi connectivity index (χ2n) is 5.97. The Hall–Kier alpha value is -2.27. The first kappa shape index (κ1) is 14.3. The van der Waals surface area contributed by atoms with E-state index in [1.165, 1.54) is 16.6 Å². The Morgan fingerprint density at radius 3 is 2.78 bits per heavy atom. The van der Waals surface area contributed by atoms with Crippen LogP contribution >= 0.6 is 11.6 Å². The van der Waals surface area contributed by atoms with Gasteiger partial charge in [0.2, 0.25) is 0 Å². The minimum Gasteiger partial charge on any atom is -0.369 e. The van der Waals surface area contributed by atoms with E-state index in [-0.39, 0.29) is 10.6 Å². The highest BCUT2D eigenvalue weighted by atomic mass is 35.5. The quantitative estimate of drug-likeness (QED) is 0.758. The highest BCUT2D eigenvalue weighted by Crippen LogP contribution is 2.32. The highest BCUT2D eigenvalue weighted by Gasteiger charge is 2.24. The highest BCUT2D eigenvalue weighted by molar-refractivity contribution is 6.33. The normalized spacial score (nSPS) is 16.1. The summed E-state index contributed by atoms with van der Waals surface area (Å²) < 4.78 is 0. The minimum absolute atomic E-state index is 0.226. The van der Waals surface area contributed by atoms with Crippen LogP contribution in [-0.4, -0.2) is 28.3 Å². The molecular weight excluding hydrogens is 312 g/mol. The van der Waals surface area contributed by atoms with Crippen LogP contribution in [0.15, 0.2) is 41.3 Å². The van der Waals surface area contributed by atoms with Gasteiger partial charge in [-0.3, -0.25) is 4.79 Å². The van der Waals surface area contributed by atoms with Crippen molar-refractivity contribution in [3.05, 3.63) is 57.6 Å². The molecule has 4 rings (SSSR count). The van der Waals surface area contributed by atoms with E-state index in [1.54, 1.807) is 6.20 Å². The topological polar surface area (TPSA) is 64.8 Å². The molecule has 1 aliphatic rings. The Labute approximate surface area is 138 Å². The summed E-state index contributed by atoms with van der Waals surface area (Å²) in [6, 6.07) is 10.6. The van der Waals surface area contributed by atoms with E-state index in [4.69, 9.17) is 11.6 Å². The van der Waals surface area contributed by atoms with Crippen molar-refractivity contribution in [2.45, 2.75) is 18.8 Å². The third-order valence-corrected chi connectivity index (χ3v) is 4.97. The second kappa shape index (κ2) is 5.74. The number of hydrogen-bond donors (Lipinski definition) is 2. The first-order chi connectivity index (χ1) is 11.2. The zero-order chi connectivity index (χ0) is 15.8. The lowest BCUT2D eigenvalue weighted by Crippen LogP contribution is -2.34. The fourth-order valence-electron chi connectivity index (χ4n) is 3.34. The summed E-state index contributed by atoms with van der Waals surface area (Å²) in [6.45, 7) is 1.73. The van der Waals surface area contributed by atoms with Gasteiger partial charge in [0.25, 0.3) is 5.56 Å². The van der Waals surface area contributed by atoms with Gasteiger partial charge in [-0.1, -0.05) is 29.8 Å². The van der Waals surface area contributed by atoms with Crippen LogP contribution in [0.25, 0.3) is 10.9 Å². The Morgan fingerprint density at radius 2 is 2.00 bits per heavy atom. The maximum absolute atomic E-state index is 11.6. The summed E-state index contributed by atoms with van der Waals surface area (Å²) in [4.78, 5) is 17.3. The van der Waals surface area contributed by atoms with Crippen LogP contribution in [0.1, 0.15) is 24.5 Å². The molecule has 0 unspecified atom stereocenters. The van der Waals surface area contributed by atoms with Crippen molar-refractivity contribution in [2.24, 2.45) is 0 Å². The summed E-state index contributed by atoms with van der Waals surface area (Å²) in [7, 11) is 0. The largest absolute Gasteiger partial charge is 0.369 e. The Balaban J connectivity index is 1.52. The van der Waals surface area contributed by atoms with E-state index < -0.39 is 0 Å². The monoisotopic (exact) mass is 328 g/mol. The Kier molecular flexibility index (Phi) is 3.58. The molecule has 0 spiro atoms. The fraction of sp³-hybridized carbons (Fsp3) is 0.294. The number of aromatic amines is 2. The molecular formula is C17H17ClN4O. The molecule has 0 bridgehead atoms. The molecule has 0 radical (unpaired) electrons. The average Bonchev–Trinajstić information content (AvgIpc) is 3.02. The third kappa shape index (κ3) is 2.61. The Morgan fingerprint density at radius 1 is 1.22 bits per heavy atom. The molecule has 1 aromatic carbocycles. The van der Waals surface area contributed by atoms with Crippen LogP contribution in [0.4, 0.5) is 5.69 Å². The van der Waals surface area contributed by atoms with E-state index in [2.05, 4.69) is 44.3 Å². The van der Waals surface area contributed by atoms with E-state index in [1.807, 2.05) is 6.07 Å². The standard InChI is InChI=1S/C17H17ClN4O/c18-16-15(10-19-21-17(16)23)22-7-5-11(6-8-22)14-9-12-3-1-2-4-13(12)20-14/h1-4,9-11,20H,5-8H2,(H,21,23). The second-order valence-corrected chi connectivity index (χ2v) is 6.35. The SMILES string of the molecule is O=c1[nH]ncc(N2CCC(c3cc4ccccc4[nH]3)CC2)c1Cl. The van der Waals surface area contributed by atoms with Gasteiger partial charge in [-0.15, -0.1) is 0 Å². The number of nitrogens with zero attached hydrogens (tertiary/aromatic N) is 2. The predicted molar refractivity (Wildman–Crippen MR) is 92.4 cm³/mol. The molecule has 6 heteroatoms. The van der Waals surface area contributed by atoms with Crippen molar-refractivity contribution in [2.75, 3.05) is 18.0 Å². The maximum Gasteiger partial charge on any atom is 0.285 e. The van der Waals surface area contributed by atoms with E-state index in [9.17, 15) is 4.79 Å². The molecule has 1 aliphatic heterocycles. The first-order valence-electron chi connectivity index (χ1n) is 7.78. The number of piperidine rings is 1. The molecule has 0 aliphatic carbocycles. The molecule has 2 aromatic heterocycles. The smallest absolute Gasteiger partial charge is 0.285 e. The number of benzene rings is 1.